The first kappa shape index (κ1) is 19.4. The molecule has 0 unspecified atom stereocenters. The Morgan fingerprint density at radius 1 is 1.18 bits per heavy atom. The van der Waals surface area contributed by atoms with Gasteiger partial charge in [-0.3, -0.25) is 9.59 Å². The van der Waals surface area contributed by atoms with Gasteiger partial charge in [-0.05, 0) is 19.1 Å². The Bertz CT molecular complexity index is 913. The van der Waals surface area contributed by atoms with Crippen LogP contribution in [0.1, 0.15) is 23.6 Å². The molecule has 0 atom stereocenters. The molecule has 0 aliphatic rings. The monoisotopic (exact) mass is 382 g/mol. The Morgan fingerprint density at radius 3 is 2.68 bits per heavy atom. The average molecular weight is 382 g/mol. The topological polar surface area (TPSA) is 85.8 Å². The van der Waals surface area contributed by atoms with Crippen LogP contribution >= 0.6 is 0 Å². The van der Waals surface area contributed by atoms with Crippen molar-refractivity contribution in [3.8, 4) is 11.3 Å². The zero-order chi connectivity index (χ0) is 19.9. The number of rotatable bonds is 8. The first-order valence-corrected chi connectivity index (χ1v) is 8.95. The van der Waals surface area contributed by atoms with E-state index in [1.165, 1.54) is 4.90 Å². The van der Waals surface area contributed by atoms with Gasteiger partial charge in [0, 0.05) is 19.0 Å². The average Bonchev–Trinajstić information content (AvgIpc) is 3.37. The van der Waals surface area contributed by atoms with Gasteiger partial charge in [0.15, 0.2) is 18.3 Å². The summed E-state index contributed by atoms with van der Waals surface area (Å²) in [7, 11) is 1.62. The standard InChI is InChI=1S/C21H22N2O5/c1-15-5-7-16(8-6-15)18-12-22-19(28-18)9-10-21(25)27-14-20(24)23(2)13-17-4-3-11-26-17/h3-8,11-12H,9-10,13-14H2,1-2H3. The number of amides is 1. The Hall–Kier alpha value is -3.35. The van der Waals surface area contributed by atoms with Gasteiger partial charge in [0.2, 0.25) is 0 Å². The van der Waals surface area contributed by atoms with Crippen molar-refractivity contribution in [1.82, 2.24) is 9.88 Å². The van der Waals surface area contributed by atoms with Crippen LogP contribution in [0, 0.1) is 6.92 Å². The van der Waals surface area contributed by atoms with E-state index in [1.54, 1.807) is 31.6 Å². The summed E-state index contributed by atoms with van der Waals surface area (Å²) in [6.45, 7) is 2.03. The summed E-state index contributed by atoms with van der Waals surface area (Å²) in [5, 5.41) is 0. The van der Waals surface area contributed by atoms with Gasteiger partial charge in [-0.1, -0.05) is 29.8 Å². The summed E-state index contributed by atoms with van der Waals surface area (Å²) in [6, 6.07) is 11.4. The van der Waals surface area contributed by atoms with Gasteiger partial charge in [0.25, 0.3) is 5.91 Å². The van der Waals surface area contributed by atoms with Crippen molar-refractivity contribution in [2.45, 2.75) is 26.3 Å². The van der Waals surface area contributed by atoms with E-state index in [9.17, 15) is 9.59 Å². The molecule has 0 radical (unpaired) electrons. The van der Waals surface area contributed by atoms with Crippen molar-refractivity contribution in [2.75, 3.05) is 13.7 Å². The van der Waals surface area contributed by atoms with Crippen LogP contribution in [0.3, 0.4) is 0 Å². The summed E-state index contributed by atoms with van der Waals surface area (Å²) >= 11 is 0. The smallest absolute Gasteiger partial charge is 0.306 e. The van der Waals surface area contributed by atoms with E-state index in [0.717, 1.165) is 11.1 Å². The maximum absolute atomic E-state index is 12.0. The Kier molecular flexibility index (Phi) is 6.26. The van der Waals surface area contributed by atoms with Crippen LogP contribution in [-0.2, 0) is 27.3 Å². The highest BCUT2D eigenvalue weighted by atomic mass is 16.5. The minimum Gasteiger partial charge on any atom is -0.467 e. The molecular weight excluding hydrogens is 360 g/mol. The number of hydrogen-bond acceptors (Lipinski definition) is 6. The Labute approximate surface area is 162 Å². The first-order chi connectivity index (χ1) is 13.5. The molecule has 7 nitrogen and oxygen atoms in total. The maximum Gasteiger partial charge on any atom is 0.306 e. The molecule has 146 valence electrons. The van der Waals surface area contributed by atoms with Crippen molar-refractivity contribution >= 4 is 11.9 Å². The number of oxazole rings is 1. The number of likely N-dealkylation sites (N-methyl/N-ethyl adjacent to an activating group) is 1. The zero-order valence-electron chi connectivity index (χ0n) is 15.9. The number of esters is 1. The highest BCUT2D eigenvalue weighted by Gasteiger charge is 2.14. The Balaban J connectivity index is 1.42. The summed E-state index contributed by atoms with van der Waals surface area (Å²) in [5.41, 5.74) is 2.09. The molecule has 0 N–H and O–H groups in total. The van der Waals surface area contributed by atoms with Gasteiger partial charge in [-0.2, -0.15) is 0 Å². The lowest BCUT2D eigenvalue weighted by atomic mass is 10.1. The van der Waals surface area contributed by atoms with Crippen LogP contribution in [0.15, 0.2) is 57.7 Å². The minimum atomic E-state index is -0.477. The van der Waals surface area contributed by atoms with E-state index in [2.05, 4.69) is 4.98 Å². The van der Waals surface area contributed by atoms with Crippen molar-refractivity contribution in [1.29, 1.82) is 0 Å². The van der Waals surface area contributed by atoms with Crippen LogP contribution in [0.2, 0.25) is 0 Å². The van der Waals surface area contributed by atoms with Gasteiger partial charge >= 0.3 is 5.97 Å². The second kappa shape index (κ2) is 9.03. The lowest BCUT2D eigenvalue weighted by Gasteiger charge is -2.15. The van der Waals surface area contributed by atoms with E-state index in [-0.39, 0.29) is 18.9 Å². The van der Waals surface area contributed by atoms with Crippen molar-refractivity contribution in [3.63, 3.8) is 0 Å². The number of carbonyl (C=O) groups excluding carboxylic acids is 2. The lowest BCUT2D eigenvalue weighted by Crippen LogP contribution is -2.30. The number of aromatic nitrogens is 1. The number of nitrogens with zero attached hydrogens (tertiary/aromatic N) is 2. The second-order valence-corrected chi connectivity index (χ2v) is 6.47. The summed E-state index contributed by atoms with van der Waals surface area (Å²) < 4.78 is 15.9. The molecule has 0 saturated carbocycles. The fourth-order valence-electron chi connectivity index (χ4n) is 2.54. The highest BCUT2D eigenvalue weighted by molar-refractivity contribution is 5.80. The number of carbonyl (C=O) groups is 2. The molecule has 0 aliphatic carbocycles. The molecule has 2 aromatic heterocycles. The largest absolute Gasteiger partial charge is 0.467 e. The van der Waals surface area contributed by atoms with Gasteiger partial charge in [0.05, 0.1) is 25.4 Å². The SMILES string of the molecule is Cc1ccc(-c2cnc(CCC(=O)OCC(=O)N(C)Cc3ccco3)o2)cc1. The van der Waals surface area contributed by atoms with Crippen molar-refractivity contribution in [2.24, 2.45) is 0 Å². The molecule has 0 bridgehead atoms. The van der Waals surface area contributed by atoms with Gasteiger partial charge in [0.1, 0.15) is 5.76 Å². The number of aryl methyl sites for hydroxylation is 2. The van der Waals surface area contributed by atoms with Crippen LogP contribution in [-0.4, -0.2) is 35.4 Å². The molecule has 0 aliphatic heterocycles. The predicted molar refractivity (Wildman–Crippen MR) is 101 cm³/mol. The maximum atomic E-state index is 12.0. The number of hydrogen-bond donors (Lipinski definition) is 0. The van der Waals surface area contributed by atoms with Crippen LogP contribution in [0.5, 0.6) is 0 Å². The van der Waals surface area contributed by atoms with Crippen molar-refractivity contribution < 1.29 is 23.2 Å². The van der Waals surface area contributed by atoms with Crippen LogP contribution in [0.25, 0.3) is 11.3 Å². The third-order valence-corrected chi connectivity index (χ3v) is 4.19. The summed E-state index contributed by atoms with van der Waals surface area (Å²) in [6.07, 6.45) is 3.57. The molecule has 0 fully saturated rings. The van der Waals surface area contributed by atoms with E-state index in [4.69, 9.17) is 13.6 Å². The predicted octanol–water partition coefficient (Wildman–Crippen LogP) is 3.38. The molecule has 0 saturated heterocycles. The summed E-state index contributed by atoms with van der Waals surface area (Å²) in [5.74, 6) is 0.986. The quantitative estimate of drug-likeness (QED) is 0.555. The first-order valence-electron chi connectivity index (χ1n) is 8.95. The molecule has 28 heavy (non-hydrogen) atoms. The molecule has 1 amide bonds. The molecular formula is C21H22N2O5. The molecule has 2 heterocycles. The fraction of sp³-hybridized carbons (Fsp3) is 0.286. The molecule has 1 aromatic carbocycles. The summed E-state index contributed by atoms with van der Waals surface area (Å²) in [4.78, 5) is 29.5. The zero-order valence-corrected chi connectivity index (χ0v) is 15.9. The van der Waals surface area contributed by atoms with Crippen LogP contribution < -0.4 is 0 Å². The number of ether oxygens (including phenoxy) is 1. The third-order valence-electron chi connectivity index (χ3n) is 4.19. The van der Waals surface area contributed by atoms with Crippen molar-refractivity contribution in [3.05, 3.63) is 66.1 Å². The van der Waals surface area contributed by atoms with E-state index < -0.39 is 5.97 Å². The highest BCUT2D eigenvalue weighted by Crippen LogP contribution is 2.21. The molecule has 7 heteroatoms. The van der Waals surface area contributed by atoms with E-state index in [0.29, 0.717) is 30.4 Å². The fourth-order valence-corrected chi connectivity index (χ4v) is 2.54. The lowest BCUT2D eigenvalue weighted by molar-refractivity contribution is -0.151. The second-order valence-electron chi connectivity index (χ2n) is 6.47. The molecule has 0 spiro atoms. The normalized spacial score (nSPS) is 10.6. The Morgan fingerprint density at radius 2 is 1.96 bits per heavy atom. The number of benzene rings is 1. The minimum absolute atomic E-state index is 0.0863. The van der Waals surface area contributed by atoms with Crippen LogP contribution in [0.4, 0.5) is 0 Å². The third kappa shape index (κ3) is 5.33. The van der Waals surface area contributed by atoms with Gasteiger partial charge in [-0.15, -0.1) is 0 Å². The number of furan rings is 1. The van der Waals surface area contributed by atoms with E-state index in [1.807, 2.05) is 31.2 Å². The molecule has 3 aromatic rings. The van der Waals surface area contributed by atoms with Gasteiger partial charge < -0.3 is 18.5 Å². The molecule has 3 rings (SSSR count). The van der Waals surface area contributed by atoms with E-state index >= 15 is 0 Å². The van der Waals surface area contributed by atoms with Gasteiger partial charge in [-0.25, -0.2) is 4.98 Å².